The first-order chi connectivity index (χ1) is 16.0. The van der Waals surface area contributed by atoms with E-state index in [-0.39, 0.29) is 0 Å². The Balaban J connectivity index is 1.47. The summed E-state index contributed by atoms with van der Waals surface area (Å²) < 4.78 is 4.75. The molecule has 0 fully saturated rings. The number of esters is 1. The highest BCUT2D eigenvalue weighted by atomic mass is 16.6. The third-order valence-electron chi connectivity index (χ3n) is 5.53. The molecular weight excluding hydrogens is 414 g/mol. The molecule has 2 N–H and O–H groups in total. The maximum atomic E-state index is 11.6. The van der Waals surface area contributed by atoms with Gasteiger partial charge < -0.3 is 15.2 Å². The number of carbonyl (C=O) groups excluding carboxylic acids is 1. The first-order valence-electron chi connectivity index (χ1n) is 12.0. The van der Waals surface area contributed by atoms with Crippen LogP contribution in [-0.2, 0) is 20.7 Å². The Bertz CT molecular complexity index is 846. The van der Waals surface area contributed by atoms with Crippen molar-refractivity contribution in [2.24, 2.45) is 0 Å². The van der Waals surface area contributed by atoms with Crippen molar-refractivity contribution in [1.82, 2.24) is 0 Å². The van der Waals surface area contributed by atoms with Gasteiger partial charge in [0, 0.05) is 18.3 Å². The Kier molecular flexibility index (Phi) is 12.4. The van der Waals surface area contributed by atoms with Gasteiger partial charge in [-0.05, 0) is 55.5 Å². The molecule has 33 heavy (non-hydrogen) atoms. The third kappa shape index (κ3) is 11.9. The van der Waals surface area contributed by atoms with Crippen molar-refractivity contribution >= 4 is 23.7 Å². The van der Waals surface area contributed by atoms with Crippen LogP contribution in [-0.4, -0.2) is 29.7 Å². The Hall–Kier alpha value is -3.08. The Morgan fingerprint density at radius 1 is 0.879 bits per heavy atom. The highest BCUT2D eigenvalue weighted by molar-refractivity contribution is 5.89. The number of ether oxygens (including phenoxy) is 1. The van der Waals surface area contributed by atoms with Crippen molar-refractivity contribution in [3.05, 3.63) is 71.8 Å². The molecule has 2 aromatic rings. The van der Waals surface area contributed by atoms with Crippen LogP contribution < -0.4 is 5.32 Å². The van der Waals surface area contributed by atoms with Crippen LogP contribution in [0.5, 0.6) is 0 Å². The number of rotatable bonds is 16. The molecule has 0 saturated carbocycles. The highest BCUT2D eigenvalue weighted by Crippen LogP contribution is 2.13. The van der Waals surface area contributed by atoms with Crippen molar-refractivity contribution < 1.29 is 19.4 Å². The van der Waals surface area contributed by atoms with E-state index in [9.17, 15) is 9.59 Å². The number of benzene rings is 2. The molecule has 0 aromatic heterocycles. The molecule has 0 amide bonds. The molecule has 2 rings (SSSR count). The first-order valence-corrected chi connectivity index (χ1v) is 12.0. The quantitative estimate of drug-likeness (QED) is 0.173. The second-order valence-electron chi connectivity index (χ2n) is 8.36. The summed E-state index contributed by atoms with van der Waals surface area (Å²) in [5, 5.41) is 12.2. The van der Waals surface area contributed by atoms with Gasteiger partial charge in [0.2, 0.25) is 0 Å². The average molecular weight is 452 g/mol. The number of carbonyl (C=O) groups is 2. The number of hydrogen-bond donors (Lipinski definition) is 2. The fourth-order valence-corrected chi connectivity index (χ4v) is 3.53. The Morgan fingerprint density at radius 3 is 2.12 bits per heavy atom. The van der Waals surface area contributed by atoms with Crippen molar-refractivity contribution in [3.63, 3.8) is 0 Å². The van der Waals surface area contributed by atoms with Crippen LogP contribution in [0, 0.1) is 0 Å². The summed E-state index contributed by atoms with van der Waals surface area (Å²) in [4.78, 5) is 22.3. The van der Waals surface area contributed by atoms with Gasteiger partial charge in [0.25, 0.3) is 0 Å². The molecule has 1 unspecified atom stereocenters. The van der Waals surface area contributed by atoms with E-state index < -0.39 is 18.0 Å². The van der Waals surface area contributed by atoms with Gasteiger partial charge in [0.15, 0.2) is 6.10 Å². The summed E-state index contributed by atoms with van der Waals surface area (Å²) >= 11 is 0. The predicted molar refractivity (Wildman–Crippen MR) is 134 cm³/mol. The first kappa shape index (κ1) is 26.2. The standard InChI is InChI=1S/C28H37NO4/c1-23(28(31)32)33-27(30)21-18-25-16-19-26(20-17-25)29-22-12-7-5-3-2-4-6-9-13-24-14-10-8-11-15-24/h8,10-11,14-21,23,29H,2-7,9,12-13,22H2,1H3,(H,31,32)/b21-18+. The molecule has 0 saturated heterocycles. The molecule has 0 radical (unpaired) electrons. The third-order valence-corrected chi connectivity index (χ3v) is 5.53. The lowest BCUT2D eigenvalue weighted by atomic mass is 10.0. The summed E-state index contributed by atoms with van der Waals surface area (Å²) in [6.45, 7) is 2.27. The molecule has 5 nitrogen and oxygen atoms in total. The minimum atomic E-state index is -1.17. The maximum Gasteiger partial charge on any atom is 0.344 e. The lowest BCUT2D eigenvalue weighted by Gasteiger charge is -2.07. The van der Waals surface area contributed by atoms with Crippen LogP contribution in [0.1, 0.15) is 69.4 Å². The largest absolute Gasteiger partial charge is 0.479 e. The number of carboxylic acids is 1. The van der Waals surface area contributed by atoms with Crippen molar-refractivity contribution in [2.45, 2.75) is 70.8 Å². The van der Waals surface area contributed by atoms with E-state index in [1.54, 1.807) is 6.08 Å². The second-order valence-corrected chi connectivity index (χ2v) is 8.36. The van der Waals surface area contributed by atoms with Crippen molar-refractivity contribution in [2.75, 3.05) is 11.9 Å². The Labute approximate surface area is 197 Å². The molecule has 5 heteroatoms. The predicted octanol–water partition coefficient (Wildman–Crippen LogP) is 6.49. The van der Waals surface area contributed by atoms with Crippen molar-refractivity contribution in [1.29, 1.82) is 0 Å². The summed E-state index contributed by atoms with van der Waals surface area (Å²) in [5.41, 5.74) is 3.35. The topological polar surface area (TPSA) is 75.6 Å². The minimum absolute atomic E-state index is 0.667. The van der Waals surface area contributed by atoms with E-state index in [0.29, 0.717) is 0 Å². The number of carboxylic acid groups (broad SMARTS) is 1. The van der Waals surface area contributed by atoms with E-state index in [1.807, 2.05) is 24.3 Å². The average Bonchev–Trinajstić information content (AvgIpc) is 2.82. The monoisotopic (exact) mass is 451 g/mol. The van der Waals surface area contributed by atoms with Gasteiger partial charge >= 0.3 is 11.9 Å². The number of aryl methyl sites for hydroxylation is 1. The molecule has 178 valence electrons. The van der Waals surface area contributed by atoms with Gasteiger partial charge in [-0.2, -0.15) is 0 Å². The molecule has 0 heterocycles. The fraction of sp³-hybridized carbons (Fsp3) is 0.429. The SMILES string of the molecule is CC(OC(=O)/C=C/c1ccc(NCCCCCCCCCCc2ccccc2)cc1)C(=O)O. The number of anilines is 1. The zero-order valence-corrected chi connectivity index (χ0v) is 19.7. The van der Waals surface area contributed by atoms with Gasteiger partial charge in [-0.3, -0.25) is 0 Å². The highest BCUT2D eigenvalue weighted by Gasteiger charge is 2.14. The molecule has 0 aliphatic carbocycles. The fourth-order valence-electron chi connectivity index (χ4n) is 3.53. The van der Waals surface area contributed by atoms with Gasteiger partial charge in [-0.25, -0.2) is 9.59 Å². The number of unbranched alkanes of at least 4 members (excludes halogenated alkanes) is 7. The van der Waals surface area contributed by atoms with Crippen LogP contribution in [0.15, 0.2) is 60.7 Å². The normalized spacial score (nSPS) is 11.9. The van der Waals surface area contributed by atoms with E-state index in [0.717, 1.165) is 24.2 Å². The van der Waals surface area contributed by atoms with Crippen molar-refractivity contribution in [3.8, 4) is 0 Å². The van der Waals surface area contributed by atoms with Crippen LogP contribution >= 0.6 is 0 Å². The number of aliphatic carboxylic acids is 1. The molecule has 2 aromatic carbocycles. The summed E-state index contributed by atoms with van der Waals surface area (Å²) in [6, 6.07) is 18.5. The summed E-state index contributed by atoms with van der Waals surface area (Å²) in [5.74, 6) is -1.83. The van der Waals surface area contributed by atoms with E-state index in [2.05, 4.69) is 35.6 Å². The second kappa shape index (κ2) is 15.7. The Morgan fingerprint density at radius 2 is 1.48 bits per heavy atom. The van der Waals surface area contributed by atoms with Gasteiger partial charge in [-0.1, -0.05) is 81.0 Å². The lowest BCUT2D eigenvalue weighted by Crippen LogP contribution is -2.22. The smallest absolute Gasteiger partial charge is 0.344 e. The van der Waals surface area contributed by atoms with Crippen LogP contribution in [0.3, 0.4) is 0 Å². The summed E-state index contributed by atoms with van der Waals surface area (Å²) in [6.07, 6.45) is 13.2. The molecule has 0 bridgehead atoms. The molecular formula is C28H37NO4. The summed E-state index contributed by atoms with van der Waals surface area (Å²) in [7, 11) is 0. The lowest BCUT2D eigenvalue weighted by molar-refractivity contribution is -0.159. The van der Waals surface area contributed by atoms with E-state index in [4.69, 9.17) is 9.84 Å². The van der Waals surface area contributed by atoms with Gasteiger partial charge in [-0.15, -0.1) is 0 Å². The maximum absolute atomic E-state index is 11.6. The van der Waals surface area contributed by atoms with E-state index >= 15 is 0 Å². The van der Waals surface area contributed by atoms with Gasteiger partial charge in [0.1, 0.15) is 0 Å². The van der Waals surface area contributed by atoms with Gasteiger partial charge in [0.05, 0.1) is 0 Å². The van der Waals surface area contributed by atoms with Crippen LogP contribution in [0.2, 0.25) is 0 Å². The molecule has 1 atom stereocenters. The van der Waals surface area contributed by atoms with Crippen LogP contribution in [0.4, 0.5) is 5.69 Å². The minimum Gasteiger partial charge on any atom is -0.479 e. The van der Waals surface area contributed by atoms with E-state index in [1.165, 1.54) is 69.9 Å². The zero-order valence-electron chi connectivity index (χ0n) is 19.7. The number of hydrogen-bond acceptors (Lipinski definition) is 4. The molecule has 0 spiro atoms. The van der Waals surface area contributed by atoms with Crippen LogP contribution in [0.25, 0.3) is 6.08 Å². The number of nitrogens with one attached hydrogen (secondary N) is 1. The molecule has 0 aliphatic heterocycles. The zero-order chi connectivity index (χ0) is 23.7. The molecule has 0 aliphatic rings.